The van der Waals surface area contributed by atoms with E-state index in [1.165, 1.54) is 5.56 Å². The highest BCUT2D eigenvalue weighted by atomic mass is 15.1. The van der Waals surface area contributed by atoms with E-state index in [0.717, 1.165) is 23.5 Å². The zero-order chi connectivity index (χ0) is 10.7. The van der Waals surface area contributed by atoms with Crippen LogP contribution in [-0.4, -0.2) is 13.6 Å². The van der Waals surface area contributed by atoms with Gasteiger partial charge in [-0.2, -0.15) is 0 Å². The van der Waals surface area contributed by atoms with Crippen LogP contribution in [0.5, 0.6) is 0 Å². The molecule has 0 heterocycles. The number of rotatable bonds is 3. The van der Waals surface area contributed by atoms with Gasteiger partial charge in [-0.15, -0.1) is 0 Å². The van der Waals surface area contributed by atoms with Crippen molar-refractivity contribution in [1.29, 1.82) is 0 Å². The van der Waals surface area contributed by atoms with Crippen molar-refractivity contribution in [1.82, 2.24) is 0 Å². The standard InChI is InChI=1S/C12H18N2/c1-9(2)8-14(4)12-6-5-10(3)7-11(12)13/h5-7H,1,8,13H2,2-4H3. The summed E-state index contributed by atoms with van der Waals surface area (Å²) in [5.74, 6) is 0. The fourth-order valence-corrected chi connectivity index (χ4v) is 1.51. The number of nitrogens with zero attached hydrogens (tertiary/aromatic N) is 1. The van der Waals surface area contributed by atoms with Crippen molar-refractivity contribution in [2.75, 3.05) is 24.2 Å². The van der Waals surface area contributed by atoms with E-state index in [2.05, 4.69) is 17.5 Å². The fraction of sp³-hybridized carbons (Fsp3) is 0.333. The molecule has 1 aromatic rings. The van der Waals surface area contributed by atoms with E-state index in [0.29, 0.717) is 0 Å². The first-order valence-corrected chi connectivity index (χ1v) is 4.72. The summed E-state index contributed by atoms with van der Waals surface area (Å²) in [5, 5.41) is 0. The molecule has 0 saturated carbocycles. The van der Waals surface area contributed by atoms with E-state index in [1.807, 2.05) is 33.0 Å². The van der Waals surface area contributed by atoms with Gasteiger partial charge in [0.05, 0.1) is 11.4 Å². The summed E-state index contributed by atoms with van der Waals surface area (Å²) in [6.45, 7) is 8.78. The second-order valence-corrected chi connectivity index (χ2v) is 3.88. The number of likely N-dealkylation sites (N-methyl/N-ethyl adjacent to an activating group) is 1. The normalized spacial score (nSPS) is 9.93. The van der Waals surface area contributed by atoms with Gasteiger partial charge in [0, 0.05) is 13.6 Å². The molecule has 0 atom stereocenters. The van der Waals surface area contributed by atoms with E-state index in [-0.39, 0.29) is 0 Å². The summed E-state index contributed by atoms with van der Waals surface area (Å²) >= 11 is 0. The average Bonchev–Trinajstić information content (AvgIpc) is 2.01. The van der Waals surface area contributed by atoms with E-state index < -0.39 is 0 Å². The molecule has 1 aromatic carbocycles. The molecule has 0 unspecified atom stereocenters. The first-order chi connectivity index (χ1) is 6.50. The molecule has 2 N–H and O–H groups in total. The molecule has 0 aliphatic heterocycles. The Morgan fingerprint density at radius 2 is 2.14 bits per heavy atom. The second kappa shape index (κ2) is 4.18. The molecule has 2 heteroatoms. The lowest BCUT2D eigenvalue weighted by atomic mass is 10.1. The Kier molecular flexibility index (Phi) is 3.18. The predicted molar refractivity (Wildman–Crippen MR) is 63.7 cm³/mol. The van der Waals surface area contributed by atoms with Gasteiger partial charge in [0.1, 0.15) is 0 Å². The van der Waals surface area contributed by atoms with E-state index >= 15 is 0 Å². The van der Waals surface area contributed by atoms with Gasteiger partial charge in [0.25, 0.3) is 0 Å². The number of hydrogen-bond donors (Lipinski definition) is 1. The number of nitrogens with two attached hydrogens (primary N) is 1. The summed E-state index contributed by atoms with van der Waals surface area (Å²) in [7, 11) is 2.02. The highest BCUT2D eigenvalue weighted by molar-refractivity contribution is 5.68. The van der Waals surface area contributed by atoms with Gasteiger partial charge in [0.15, 0.2) is 0 Å². The van der Waals surface area contributed by atoms with Crippen molar-refractivity contribution in [2.24, 2.45) is 0 Å². The van der Waals surface area contributed by atoms with Gasteiger partial charge in [-0.3, -0.25) is 0 Å². The maximum absolute atomic E-state index is 5.93. The van der Waals surface area contributed by atoms with Crippen LogP contribution in [0.4, 0.5) is 11.4 Å². The van der Waals surface area contributed by atoms with Crippen LogP contribution < -0.4 is 10.6 Å². The quantitative estimate of drug-likeness (QED) is 0.586. The molecule has 0 radical (unpaired) electrons. The van der Waals surface area contributed by atoms with Crippen LogP contribution in [0.3, 0.4) is 0 Å². The summed E-state index contributed by atoms with van der Waals surface area (Å²) in [6, 6.07) is 6.11. The van der Waals surface area contributed by atoms with E-state index in [9.17, 15) is 0 Å². The molecule has 0 aliphatic rings. The molecule has 0 saturated heterocycles. The largest absolute Gasteiger partial charge is 0.397 e. The summed E-state index contributed by atoms with van der Waals surface area (Å²) in [5.41, 5.74) is 10.1. The lowest BCUT2D eigenvalue weighted by molar-refractivity contribution is 0.987. The Bertz CT molecular complexity index is 342. The maximum Gasteiger partial charge on any atom is 0.0600 e. The smallest absolute Gasteiger partial charge is 0.0600 e. The van der Waals surface area contributed by atoms with Crippen molar-refractivity contribution in [3.8, 4) is 0 Å². The highest BCUT2D eigenvalue weighted by Crippen LogP contribution is 2.23. The number of hydrogen-bond acceptors (Lipinski definition) is 2. The Hall–Kier alpha value is -1.44. The third kappa shape index (κ3) is 2.52. The molecule has 0 bridgehead atoms. The minimum atomic E-state index is 0.828. The summed E-state index contributed by atoms with van der Waals surface area (Å²) in [4.78, 5) is 2.11. The average molecular weight is 190 g/mol. The molecule has 0 amide bonds. The molecular weight excluding hydrogens is 172 g/mol. The molecule has 1 rings (SSSR count). The van der Waals surface area contributed by atoms with Crippen molar-refractivity contribution in [3.05, 3.63) is 35.9 Å². The third-order valence-electron chi connectivity index (χ3n) is 2.10. The maximum atomic E-state index is 5.93. The first kappa shape index (κ1) is 10.6. The Balaban J connectivity index is 2.90. The molecule has 14 heavy (non-hydrogen) atoms. The predicted octanol–water partition coefficient (Wildman–Crippen LogP) is 2.59. The first-order valence-electron chi connectivity index (χ1n) is 4.72. The van der Waals surface area contributed by atoms with Crippen molar-refractivity contribution < 1.29 is 0 Å². The molecule has 0 fully saturated rings. The zero-order valence-electron chi connectivity index (χ0n) is 9.17. The molecule has 2 nitrogen and oxygen atoms in total. The number of nitrogen functional groups attached to an aromatic ring is 1. The van der Waals surface area contributed by atoms with E-state index in [4.69, 9.17) is 5.73 Å². The monoisotopic (exact) mass is 190 g/mol. The van der Waals surface area contributed by atoms with Gasteiger partial charge < -0.3 is 10.6 Å². The molecule has 0 aromatic heterocycles. The van der Waals surface area contributed by atoms with Crippen LogP contribution in [-0.2, 0) is 0 Å². The SMILES string of the molecule is C=C(C)CN(C)c1ccc(C)cc1N. The number of benzene rings is 1. The van der Waals surface area contributed by atoms with Gasteiger partial charge in [0.2, 0.25) is 0 Å². The van der Waals surface area contributed by atoms with Crippen LogP contribution in [0, 0.1) is 6.92 Å². The minimum Gasteiger partial charge on any atom is -0.397 e. The van der Waals surface area contributed by atoms with E-state index in [1.54, 1.807) is 0 Å². The molecular formula is C12H18N2. The van der Waals surface area contributed by atoms with Crippen LogP contribution in [0.1, 0.15) is 12.5 Å². The molecule has 0 aliphatic carbocycles. The minimum absolute atomic E-state index is 0.828. The Morgan fingerprint density at radius 1 is 1.50 bits per heavy atom. The Morgan fingerprint density at radius 3 is 2.64 bits per heavy atom. The van der Waals surface area contributed by atoms with Crippen LogP contribution in [0.15, 0.2) is 30.4 Å². The van der Waals surface area contributed by atoms with Gasteiger partial charge >= 0.3 is 0 Å². The third-order valence-corrected chi connectivity index (χ3v) is 2.10. The topological polar surface area (TPSA) is 29.3 Å². The summed E-state index contributed by atoms with van der Waals surface area (Å²) < 4.78 is 0. The van der Waals surface area contributed by atoms with Crippen molar-refractivity contribution in [2.45, 2.75) is 13.8 Å². The van der Waals surface area contributed by atoms with Crippen molar-refractivity contribution >= 4 is 11.4 Å². The molecule has 0 spiro atoms. The summed E-state index contributed by atoms with van der Waals surface area (Å²) in [6.07, 6.45) is 0. The van der Waals surface area contributed by atoms with Gasteiger partial charge in [-0.25, -0.2) is 0 Å². The lowest BCUT2D eigenvalue weighted by Crippen LogP contribution is -2.20. The molecule has 76 valence electrons. The van der Waals surface area contributed by atoms with Crippen LogP contribution in [0.25, 0.3) is 0 Å². The Labute approximate surface area is 86.0 Å². The van der Waals surface area contributed by atoms with Crippen molar-refractivity contribution in [3.63, 3.8) is 0 Å². The highest BCUT2D eigenvalue weighted by Gasteiger charge is 2.04. The zero-order valence-corrected chi connectivity index (χ0v) is 9.17. The van der Waals surface area contributed by atoms with Gasteiger partial charge in [-0.05, 0) is 31.5 Å². The van der Waals surface area contributed by atoms with Crippen LogP contribution in [0.2, 0.25) is 0 Å². The second-order valence-electron chi connectivity index (χ2n) is 3.88. The number of aryl methyl sites for hydroxylation is 1. The number of anilines is 2. The fourth-order valence-electron chi connectivity index (χ4n) is 1.51. The van der Waals surface area contributed by atoms with Crippen LogP contribution >= 0.6 is 0 Å². The van der Waals surface area contributed by atoms with Gasteiger partial charge in [-0.1, -0.05) is 18.2 Å². The lowest BCUT2D eigenvalue weighted by Gasteiger charge is -2.21.